The molecule has 2 aromatic heterocycles. The number of nitrogens with zero attached hydrogens (tertiary/aromatic N) is 3. The Morgan fingerprint density at radius 3 is 2.92 bits per heavy atom. The second kappa shape index (κ2) is 8.33. The van der Waals surface area contributed by atoms with Gasteiger partial charge in [-0.1, -0.05) is 11.2 Å². The third kappa shape index (κ3) is 4.50. The number of aromatic nitrogens is 3. The fourth-order valence-corrected chi connectivity index (χ4v) is 2.57. The zero-order chi connectivity index (χ0) is 18.4. The van der Waals surface area contributed by atoms with E-state index in [4.69, 9.17) is 9.26 Å². The zero-order valence-corrected chi connectivity index (χ0v) is 14.9. The molecule has 0 saturated carbocycles. The molecule has 0 aliphatic carbocycles. The van der Waals surface area contributed by atoms with Crippen molar-refractivity contribution in [1.82, 2.24) is 20.3 Å². The Kier molecular flexibility index (Phi) is 5.68. The van der Waals surface area contributed by atoms with Crippen LogP contribution in [-0.4, -0.2) is 27.4 Å². The van der Waals surface area contributed by atoms with E-state index < -0.39 is 0 Å². The highest BCUT2D eigenvalue weighted by Gasteiger charge is 2.11. The van der Waals surface area contributed by atoms with Gasteiger partial charge in [0, 0.05) is 31.0 Å². The van der Waals surface area contributed by atoms with Gasteiger partial charge in [-0.2, -0.15) is 5.10 Å². The second-order valence-electron chi connectivity index (χ2n) is 6.00. The van der Waals surface area contributed by atoms with Crippen LogP contribution in [0.5, 0.6) is 5.75 Å². The Morgan fingerprint density at radius 2 is 2.19 bits per heavy atom. The quantitative estimate of drug-likeness (QED) is 0.629. The summed E-state index contributed by atoms with van der Waals surface area (Å²) in [6.07, 6.45) is 4.46. The molecule has 0 radical (unpaired) electrons. The molecule has 1 N–H and O–H groups in total. The number of rotatable bonds is 8. The minimum Gasteiger partial charge on any atom is -0.489 e. The molecule has 7 nitrogen and oxygen atoms in total. The molecule has 0 fully saturated rings. The molecule has 0 saturated heterocycles. The highest BCUT2D eigenvalue weighted by molar-refractivity contribution is 5.94. The second-order valence-corrected chi connectivity index (χ2v) is 6.00. The molecule has 1 aromatic carbocycles. The van der Waals surface area contributed by atoms with E-state index in [2.05, 4.69) is 15.6 Å². The number of benzene rings is 1. The molecule has 0 unspecified atom stereocenters. The van der Waals surface area contributed by atoms with Gasteiger partial charge in [-0.3, -0.25) is 9.48 Å². The molecule has 2 heterocycles. The summed E-state index contributed by atoms with van der Waals surface area (Å²) in [5.74, 6) is 1.26. The number of nitrogens with one attached hydrogen (secondary N) is 1. The van der Waals surface area contributed by atoms with E-state index in [1.165, 1.54) is 0 Å². The van der Waals surface area contributed by atoms with Gasteiger partial charge in [-0.05, 0) is 44.5 Å². The molecule has 0 aliphatic rings. The fraction of sp³-hybridized carbons (Fsp3) is 0.316. The predicted octanol–water partition coefficient (Wildman–Crippen LogP) is 2.89. The maximum Gasteiger partial charge on any atom is 0.251 e. The number of hydrogen-bond acceptors (Lipinski definition) is 5. The molecule has 0 atom stereocenters. The lowest BCUT2D eigenvalue weighted by molar-refractivity contribution is 0.0952. The topological polar surface area (TPSA) is 82.2 Å². The van der Waals surface area contributed by atoms with E-state index in [1.54, 1.807) is 24.4 Å². The zero-order valence-electron chi connectivity index (χ0n) is 14.9. The standard InChI is InChI=1S/C19H22N4O3/c1-14-18(15(2)26-22-14)13-25-17-7-3-6-16(12-17)19(24)20-8-4-10-23-11-5-9-21-23/h3,5-7,9,11-12H,4,8,10,13H2,1-2H3,(H,20,24). The largest absolute Gasteiger partial charge is 0.489 e. The lowest BCUT2D eigenvalue weighted by atomic mass is 10.2. The van der Waals surface area contributed by atoms with Crippen LogP contribution in [0.2, 0.25) is 0 Å². The number of hydrogen-bond donors (Lipinski definition) is 1. The van der Waals surface area contributed by atoms with Crippen LogP contribution in [0.25, 0.3) is 0 Å². The highest BCUT2D eigenvalue weighted by Crippen LogP contribution is 2.18. The van der Waals surface area contributed by atoms with Crippen LogP contribution < -0.4 is 10.1 Å². The fourth-order valence-electron chi connectivity index (χ4n) is 2.57. The number of aryl methyl sites for hydroxylation is 3. The van der Waals surface area contributed by atoms with Gasteiger partial charge in [0.1, 0.15) is 18.1 Å². The Labute approximate surface area is 151 Å². The Hall–Kier alpha value is -3.09. The molecule has 136 valence electrons. The maximum atomic E-state index is 12.3. The minimum atomic E-state index is -0.117. The molecule has 0 aliphatic heterocycles. The van der Waals surface area contributed by atoms with Gasteiger partial charge in [0.25, 0.3) is 5.91 Å². The summed E-state index contributed by atoms with van der Waals surface area (Å²) in [6.45, 7) is 5.45. The molecule has 26 heavy (non-hydrogen) atoms. The summed E-state index contributed by atoms with van der Waals surface area (Å²) < 4.78 is 12.8. The predicted molar refractivity (Wildman–Crippen MR) is 95.9 cm³/mol. The molecule has 1 amide bonds. The average molecular weight is 354 g/mol. The summed E-state index contributed by atoms with van der Waals surface area (Å²) in [7, 11) is 0. The van der Waals surface area contributed by atoms with Gasteiger partial charge in [0.2, 0.25) is 0 Å². The summed E-state index contributed by atoms with van der Waals surface area (Å²) in [5.41, 5.74) is 2.31. The SMILES string of the molecule is Cc1noc(C)c1COc1cccc(C(=O)NCCCn2cccn2)c1. The van der Waals surface area contributed by atoms with Crippen LogP contribution >= 0.6 is 0 Å². The monoisotopic (exact) mass is 354 g/mol. The first kappa shape index (κ1) is 17.7. The van der Waals surface area contributed by atoms with E-state index in [9.17, 15) is 4.79 Å². The van der Waals surface area contributed by atoms with Crippen molar-refractivity contribution in [3.8, 4) is 5.75 Å². The third-order valence-electron chi connectivity index (χ3n) is 4.07. The first-order chi connectivity index (χ1) is 12.6. The van der Waals surface area contributed by atoms with Gasteiger partial charge >= 0.3 is 0 Å². The average Bonchev–Trinajstić information content (AvgIpc) is 3.27. The van der Waals surface area contributed by atoms with Gasteiger partial charge in [0.05, 0.1) is 11.3 Å². The highest BCUT2D eigenvalue weighted by atomic mass is 16.5. The summed E-state index contributed by atoms with van der Waals surface area (Å²) in [6, 6.07) is 9.02. The molecule has 0 bridgehead atoms. The Morgan fingerprint density at radius 1 is 1.31 bits per heavy atom. The van der Waals surface area contributed by atoms with E-state index >= 15 is 0 Å². The van der Waals surface area contributed by atoms with E-state index in [0.717, 1.165) is 30.0 Å². The van der Waals surface area contributed by atoms with Crippen LogP contribution in [0, 0.1) is 13.8 Å². The van der Waals surface area contributed by atoms with Crippen LogP contribution in [-0.2, 0) is 13.2 Å². The lowest BCUT2D eigenvalue weighted by Crippen LogP contribution is -2.25. The maximum absolute atomic E-state index is 12.3. The number of ether oxygens (including phenoxy) is 1. The van der Waals surface area contributed by atoms with Gasteiger partial charge in [-0.25, -0.2) is 0 Å². The van der Waals surface area contributed by atoms with E-state index in [0.29, 0.717) is 24.5 Å². The van der Waals surface area contributed by atoms with Crippen molar-refractivity contribution in [2.75, 3.05) is 6.54 Å². The minimum absolute atomic E-state index is 0.117. The van der Waals surface area contributed by atoms with Crippen molar-refractivity contribution in [2.45, 2.75) is 33.4 Å². The molecule has 7 heteroatoms. The van der Waals surface area contributed by atoms with Crippen molar-refractivity contribution in [3.63, 3.8) is 0 Å². The summed E-state index contributed by atoms with van der Waals surface area (Å²) in [4.78, 5) is 12.3. The van der Waals surface area contributed by atoms with Crippen molar-refractivity contribution < 1.29 is 14.1 Å². The Bertz CT molecular complexity index is 836. The van der Waals surface area contributed by atoms with Crippen molar-refractivity contribution in [2.24, 2.45) is 0 Å². The first-order valence-electron chi connectivity index (χ1n) is 8.53. The Balaban J connectivity index is 1.50. The normalized spacial score (nSPS) is 10.7. The third-order valence-corrected chi connectivity index (χ3v) is 4.07. The van der Waals surface area contributed by atoms with Crippen LogP contribution in [0.4, 0.5) is 0 Å². The van der Waals surface area contributed by atoms with E-state index in [1.807, 2.05) is 36.9 Å². The molecule has 0 spiro atoms. The molecule has 3 aromatic rings. The molecule has 3 rings (SSSR count). The molecular formula is C19H22N4O3. The van der Waals surface area contributed by atoms with Gasteiger partial charge < -0.3 is 14.6 Å². The van der Waals surface area contributed by atoms with Crippen LogP contribution in [0.3, 0.4) is 0 Å². The number of carbonyl (C=O) groups excluding carboxylic acids is 1. The lowest BCUT2D eigenvalue weighted by Gasteiger charge is -2.09. The molecular weight excluding hydrogens is 332 g/mol. The first-order valence-corrected chi connectivity index (χ1v) is 8.53. The van der Waals surface area contributed by atoms with Gasteiger partial charge in [-0.15, -0.1) is 0 Å². The van der Waals surface area contributed by atoms with Gasteiger partial charge in [0.15, 0.2) is 0 Å². The summed E-state index contributed by atoms with van der Waals surface area (Å²) in [5, 5.41) is 11.0. The van der Waals surface area contributed by atoms with Crippen molar-refractivity contribution in [1.29, 1.82) is 0 Å². The number of amides is 1. The summed E-state index contributed by atoms with van der Waals surface area (Å²) >= 11 is 0. The van der Waals surface area contributed by atoms with Crippen LogP contribution in [0.15, 0.2) is 47.2 Å². The number of carbonyl (C=O) groups is 1. The smallest absolute Gasteiger partial charge is 0.251 e. The van der Waals surface area contributed by atoms with E-state index in [-0.39, 0.29) is 5.91 Å². The van der Waals surface area contributed by atoms with Crippen molar-refractivity contribution in [3.05, 3.63) is 65.3 Å². The van der Waals surface area contributed by atoms with Crippen LogP contribution in [0.1, 0.15) is 33.8 Å². The van der Waals surface area contributed by atoms with Crippen molar-refractivity contribution >= 4 is 5.91 Å².